The lowest BCUT2D eigenvalue weighted by atomic mass is 9.76. The molecule has 0 radical (unpaired) electrons. The number of benzene rings is 3. The number of anilines is 3. The van der Waals surface area contributed by atoms with E-state index in [0.717, 1.165) is 60.7 Å². The largest absolute Gasteiger partial charge is 0.385 e. The highest BCUT2D eigenvalue weighted by molar-refractivity contribution is 6.02. The van der Waals surface area contributed by atoms with Gasteiger partial charge in [-0.25, -0.2) is 9.48 Å². The van der Waals surface area contributed by atoms with Gasteiger partial charge in [-0.15, -0.1) is 0 Å². The molecule has 2 amide bonds. The minimum absolute atomic E-state index is 0.109. The number of ketones is 1. The van der Waals surface area contributed by atoms with Crippen LogP contribution in [0.5, 0.6) is 0 Å². The number of hydrogen-bond donors (Lipinski definition) is 4. The molecule has 0 aliphatic carbocycles. The van der Waals surface area contributed by atoms with E-state index in [4.69, 9.17) is 5.10 Å². The van der Waals surface area contributed by atoms with Gasteiger partial charge in [0.1, 0.15) is 5.82 Å². The molecule has 8 heteroatoms. The first-order valence-electron chi connectivity index (χ1n) is 15.6. The monoisotopic (exact) mass is 592 g/mol. The average Bonchev–Trinajstić information content (AvgIpc) is 3.43. The summed E-state index contributed by atoms with van der Waals surface area (Å²) in [6.07, 6.45) is 1.84. The van der Waals surface area contributed by atoms with Crippen molar-refractivity contribution in [3.05, 3.63) is 101 Å². The predicted molar refractivity (Wildman–Crippen MR) is 179 cm³/mol. The lowest BCUT2D eigenvalue weighted by Gasteiger charge is -2.30. The highest BCUT2D eigenvalue weighted by atomic mass is 16.2. The van der Waals surface area contributed by atoms with E-state index in [9.17, 15) is 9.59 Å². The van der Waals surface area contributed by atoms with E-state index in [-0.39, 0.29) is 29.1 Å². The van der Waals surface area contributed by atoms with Gasteiger partial charge in [-0.3, -0.25) is 10.1 Å². The fourth-order valence-electron chi connectivity index (χ4n) is 5.76. The van der Waals surface area contributed by atoms with Gasteiger partial charge in [-0.1, -0.05) is 50.6 Å². The molecule has 1 aliphatic heterocycles. The zero-order chi connectivity index (χ0) is 31.3. The molecule has 44 heavy (non-hydrogen) atoms. The number of rotatable bonds is 9. The molecular weight excluding hydrogens is 548 g/mol. The molecule has 230 valence electrons. The molecular formula is C36H44N6O2. The van der Waals surface area contributed by atoms with Crippen molar-refractivity contribution in [2.24, 2.45) is 5.92 Å². The molecule has 8 nitrogen and oxygen atoms in total. The number of piperidine rings is 1. The van der Waals surface area contributed by atoms with Gasteiger partial charge >= 0.3 is 6.03 Å². The molecule has 4 aromatic rings. The van der Waals surface area contributed by atoms with Crippen LogP contribution in [0.15, 0.2) is 78.9 Å². The number of aryl methyl sites for hydroxylation is 1. The van der Waals surface area contributed by atoms with Crippen LogP contribution in [0.3, 0.4) is 0 Å². The van der Waals surface area contributed by atoms with E-state index in [1.165, 1.54) is 0 Å². The van der Waals surface area contributed by atoms with Gasteiger partial charge < -0.3 is 16.0 Å². The van der Waals surface area contributed by atoms with Crippen molar-refractivity contribution in [1.29, 1.82) is 0 Å². The Kier molecular flexibility index (Phi) is 9.49. The molecule has 4 N–H and O–H groups in total. The number of hydrogen-bond acceptors (Lipinski definition) is 5. The number of urea groups is 1. The summed E-state index contributed by atoms with van der Waals surface area (Å²) in [5.74, 6) is 0.597. The van der Waals surface area contributed by atoms with Crippen molar-refractivity contribution in [2.45, 2.75) is 58.8 Å². The van der Waals surface area contributed by atoms with Crippen LogP contribution in [-0.2, 0) is 5.41 Å². The predicted octanol–water partition coefficient (Wildman–Crippen LogP) is 7.52. The van der Waals surface area contributed by atoms with E-state index in [1.807, 2.05) is 85.8 Å². The molecule has 3 aromatic carbocycles. The van der Waals surface area contributed by atoms with Gasteiger partial charge in [0.05, 0.1) is 17.3 Å². The number of aromatic nitrogens is 2. The smallest absolute Gasteiger partial charge is 0.324 e. The molecule has 1 aromatic heterocycles. The number of amides is 2. The van der Waals surface area contributed by atoms with Crippen molar-refractivity contribution in [2.75, 3.05) is 35.6 Å². The minimum Gasteiger partial charge on any atom is -0.385 e. The Labute approximate surface area is 260 Å². The molecule has 0 saturated carbocycles. The van der Waals surface area contributed by atoms with Crippen LogP contribution in [0.25, 0.3) is 5.69 Å². The van der Waals surface area contributed by atoms with Crippen LogP contribution in [-0.4, -0.2) is 41.2 Å². The molecule has 0 bridgehead atoms. The number of Topliss-reactive ketones (excluding diaryl/α,β-unsaturated/α-hetero) is 1. The maximum absolute atomic E-state index is 14.0. The molecule has 5 rings (SSSR count). The Morgan fingerprint density at radius 3 is 2.30 bits per heavy atom. The van der Waals surface area contributed by atoms with Crippen molar-refractivity contribution >= 4 is 29.0 Å². The number of carbonyl (C=O) groups is 2. The topological polar surface area (TPSA) is 100 Å². The SMILES string of the molecule is CCNc1ccc(C(=O)C(c2cccc(NC(=O)Nc3cc(C(C)(C)C)nn3-c3ccc(C)cc3)c2)C2CCNCC2)cc1. The second-order valence-corrected chi connectivity index (χ2v) is 12.7. The summed E-state index contributed by atoms with van der Waals surface area (Å²) in [6.45, 7) is 13.0. The molecule has 1 atom stereocenters. The number of nitrogens with one attached hydrogen (secondary N) is 4. The second kappa shape index (κ2) is 13.5. The fourth-order valence-corrected chi connectivity index (χ4v) is 5.76. The molecule has 0 spiro atoms. The van der Waals surface area contributed by atoms with Crippen molar-refractivity contribution in [3.63, 3.8) is 0 Å². The van der Waals surface area contributed by atoms with Gasteiger partial charge in [0.15, 0.2) is 5.78 Å². The van der Waals surface area contributed by atoms with Gasteiger partial charge in [-0.05, 0) is 99.8 Å². The number of carbonyl (C=O) groups excluding carboxylic acids is 2. The Morgan fingerprint density at radius 2 is 1.64 bits per heavy atom. The Morgan fingerprint density at radius 1 is 0.932 bits per heavy atom. The summed E-state index contributed by atoms with van der Waals surface area (Å²) in [6, 6.07) is 25.0. The Bertz CT molecular complexity index is 1580. The third-order valence-corrected chi connectivity index (χ3v) is 8.19. The lowest BCUT2D eigenvalue weighted by Crippen LogP contribution is -2.33. The molecule has 2 heterocycles. The molecule has 1 saturated heterocycles. The summed E-state index contributed by atoms with van der Waals surface area (Å²) < 4.78 is 1.77. The van der Waals surface area contributed by atoms with E-state index in [0.29, 0.717) is 17.1 Å². The quantitative estimate of drug-likeness (QED) is 0.151. The van der Waals surface area contributed by atoms with Gasteiger partial charge in [-0.2, -0.15) is 5.10 Å². The first-order chi connectivity index (χ1) is 21.1. The standard InChI is InChI=1S/C36H44N6O2/c1-6-38-28-14-12-26(13-15-28)34(43)33(25-18-20-37-21-19-25)27-8-7-9-29(22-27)39-35(44)40-32-23-31(36(3,4)5)41-42(32)30-16-10-24(2)11-17-30/h7-17,22-23,25,33,37-38H,6,18-21H2,1-5H3,(H2,39,40,44). The highest BCUT2D eigenvalue weighted by Gasteiger charge is 2.32. The van der Waals surface area contributed by atoms with Crippen molar-refractivity contribution in [1.82, 2.24) is 15.1 Å². The Balaban J connectivity index is 1.39. The second-order valence-electron chi connectivity index (χ2n) is 12.7. The molecule has 1 fully saturated rings. The zero-order valence-corrected chi connectivity index (χ0v) is 26.4. The van der Waals surface area contributed by atoms with Gasteiger partial charge in [0.25, 0.3) is 0 Å². The van der Waals surface area contributed by atoms with Gasteiger partial charge in [0.2, 0.25) is 0 Å². The minimum atomic E-state index is -0.375. The van der Waals surface area contributed by atoms with Crippen LogP contribution < -0.4 is 21.3 Å². The van der Waals surface area contributed by atoms with E-state index < -0.39 is 0 Å². The number of nitrogens with zero attached hydrogens (tertiary/aromatic N) is 2. The fraction of sp³-hybridized carbons (Fsp3) is 0.361. The van der Waals surface area contributed by atoms with Crippen LogP contribution in [0.1, 0.15) is 73.6 Å². The van der Waals surface area contributed by atoms with Crippen LogP contribution in [0, 0.1) is 12.8 Å². The summed E-state index contributed by atoms with van der Waals surface area (Å²) in [5.41, 5.74) is 5.93. The summed E-state index contributed by atoms with van der Waals surface area (Å²) in [7, 11) is 0. The third kappa shape index (κ3) is 7.37. The zero-order valence-electron chi connectivity index (χ0n) is 26.4. The van der Waals surface area contributed by atoms with Crippen LogP contribution in [0.4, 0.5) is 22.0 Å². The Hall–Kier alpha value is -4.43. The normalized spacial score (nSPS) is 14.6. The lowest BCUT2D eigenvalue weighted by molar-refractivity contribution is 0.0916. The van der Waals surface area contributed by atoms with Crippen molar-refractivity contribution in [3.8, 4) is 5.69 Å². The maximum Gasteiger partial charge on any atom is 0.324 e. The molecule has 1 aliphatic rings. The van der Waals surface area contributed by atoms with Crippen molar-refractivity contribution < 1.29 is 9.59 Å². The maximum atomic E-state index is 14.0. The highest BCUT2D eigenvalue weighted by Crippen LogP contribution is 2.35. The summed E-state index contributed by atoms with van der Waals surface area (Å²) in [5, 5.41) is 17.5. The molecule has 1 unspecified atom stereocenters. The van der Waals surface area contributed by atoms with Crippen LogP contribution >= 0.6 is 0 Å². The van der Waals surface area contributed by atoms with Gasteiger partial charge in [0, 0.05) is 35.0 Å². The van der Waals surface area contributed by atoms with E-state index in [1.54, 1.807) is 4.68 Å². The first-order valence-corrected chi connectivity index (χ1v) is 15.6. The van der Waals surface area contributed by atoms with Crippen LogP contribution in [0.2, 0.25) is 0 Å². The van der Waals surface area contributed by atoms with E-state index in [2.05, 4.69) is 49.0 Å². The summed E-state index contributed by atoms with van der Waals surface area (Å²) in [4.78, 5) is 27.4. The third-order valence-electron chi connectivity index (χ3n) is 8.19. The average molecular weight is 593 g/mol. The first kappa shape index (κ1) is 31.0. The van der Waals surface area contributed by atoms with E-state index >= 15 is 0 Å². The summed E-state index contributed by atoms with van der Waals surface area (Å²) >= 11 is 0.